The van der Waals surface area contributed by atoms with Crippen molar-refractivity contribution >= 4 is 32.3 Å². The van der Waals surface area contributed by atoms with Crippen LogP contribution in [0, 0.1) is 4.78 Å². The Hall–Kier alpha value is -1.85. The molecule has 0 aliphatic rings. The van der Waals surface area contributed by atoms with Crippen molar-refractivity contribution in [2.24, 2.45) is 0 Å². The summed E-state index contributed by atoms with van der Waals surface area (Å²) in [4.78, 5) is 0.382. The highest BCUT2D eigenvalue weighted by atomic mass is 35.5. The smallest absolute Gasteiger partial charge is 0.167 e. The van der Waals surface area contributed by atoms with Crippen molar-refractivity contribution in [3.63, 3.8) is 0 Å². The predicted molar refractivity (Wildman–Crippen MR) is 78.2 cm³/mol. The van der Waals surface area contributed by atoms with Crippen molar-refractivity contribution in [1.29, 1.82) is 4.78 Å². The first-order chi connectivity index (χ1) is 9.60. The Labute approximate surface area is 121 Å². The monoisotopic (exact) mass is 306 g/mol. The van der Waals surface area contributed by atoms with Crippen LogP contribution in [-0.4, -0.2) is 9.37 Å². The predicted octanol–water partition coefficient (Wildman–Crippen LogP) is 4.17. The molecule has 0 aliphatic carbocycles. The molecule has 0 fully saturated rings. The maximum absolute atomic E-state index is 12.7. The van der Waals surface area contributed by atoms with Crippen LogP contribution in [0.3, 0.4) is 0 Å². The average Bonchev–Trinajstić information content (AvgIpc) is 2.91. The van der Waals surface area contributed by atoms with Crippen LogP contribution in [-0.2, 0) is 9.73 Å². The molecule has 0 spiro atoms. The van der Waals surface area contributed by atoms with Crippen molar-refractivity contribution in [3.8, 4) is 0 Å². The fourth-order valence-corrected chi connectivity index (χ4v) is 3.72. The van der Waals surface area contributed by atoms with Gasteiger partial charge >= 0.3 is 0 Å². The minimum atomic E-state index is -3.21. The molecule has 6 heteroatoms. The van der Waals surface area contributed by atoms with Gasteiger partial charge in [-0.1, -0.05) is 47.1 Å². The molecule has 0 amide bonds. The van der Waals surface area contributed by atoms with Crippen LogP contribution in [0.5, 0.6) is 0 Å². The summed E-state index contributed by atoms with van der Waals surface area (Å²) >= 11 is 6.27. The number of fused-ring (bicyclic) bond motifs is 1. The lowest BCUT2D eigenvalue weighted by Gasteiger charge is -2.11. The van der Waals surface area contributed by atoms with E-state index in [1.807, 2.05) is 12.1 Å². The number of para-hydroxylation sites is 1. The summed E-state index contributed by atoms with van der Waals surface area (Å²) < 4.78 is 24.9. The molecule has 3 aromatic rings. The molecular weight excluding hydrogens is 296 g/mol. The standard InChI is InChI=1S/C14H11ClN2O2S/c15-14(20(16,18)10-6-2-1-3-7-10)13-11-8-4-5-9-12(11)19-17-13/h1-9,14,16H. The van der Waals surface area contributed by atoms with Gasteiger partial charge in [0.15, 0.2) is 10.3 Å². The number of benzene rings is 2. The van der Waals surface area contributed by atoms with Crippen LogP contribution in [0.4, 0.5) is 0 Å². The molecule has 4 nitrogen and oxygen atoms in total. The number of nitrogens with zero attached hydrogens (tertiary/aromatic N) is 1. The number of hydrogen-bond donors (Lipinski definition) is 1. The van der Waals surface area contributed by atoms with Gasteiger partial charge < -0.3 is 4.52 Å². The minimum Gasteiger partial charge on any atom is -0.356 e. The number of halogens is 1. The van der Waals surface area contributed by atoms with Crippen molar-refractivity contribution in [2.75, 3.05) is 0 Å². The lowest BCUT2D eigenvalue weighted by Crippen LogP contribution is -2.07. The quantitative estimate of drug-likeness (QED) is 0.738. The summed E-state index contributed by atoms with van der Waals surface area (Å²) in [5.41, 5.74) is 0.905. The third-order valence-electron chi connectivity index (χ3n) is 3.01. The van der Waals surface area contributed by atoms with E-state index in [9.17, 15) is 4.21 Å². The highest BCUT2D eigenvalue weighted by molar-refractivity contribution is 7.93. The molecule has 0 aliphatic heterocycles. The second-order valence-electron chi connectivity index (χ2n) is 4.29. The summed E-state index contributed by atoms with van der Waals surface area (Å²) in [5.74, 6) is 0. The van der Waals surface area contributed by atoms with Gasteiger partial charge in [0.25, 0.3) is 0 Å². The lowest BCUT2D eigenvalue weighted by molar-refractivity contribution is 0.448. The van der Waals surface area contributed by atoms with Crippen LogP contribution in [0.25, 0.3) is 11.0 Å². The van der Waals surface area contributed by atoms with Crippen molar-refractivity contribution < 1.29 is 8.73 Å². The van der Waals surface area contributed by atoms with Crippen molar-refractivity contribution in [3.05, 3.63) is 60.3 Å². The Balaban J connectivity index is 2.11. The number of nitrogens with one attached hydrogen (secondary N) is 1. The van der Waals surface area contributed by atoms with Crippen molar-refractivity contribution in [2.45, 2.75) is 9.60 Å². The SMILES string of the molecule is N=S(=O)(c1ccccc1)C(Cl)c1noc2ccccc12. The zero-order valence-corrected chi connectivity index (χ0v) is 11.9. The molecule has 102 valence electrons. The van der Waals surface area contributed by atoms with Crippen LogP contribution in [0.2, 0.25) is 0 Å². The number of hydrogen-bond acceptors (Lipinski definition) is 4. The van der Waals surface area contributed by atoms with E-state index in [2.05, 4.69) is 5.16 Å². The summed E-state index contributed by atoms with van der Waals surface area (Å²) in [6.07, 6.45) is 0. The second kappa shape index (κ2) is 4.92. The first-order valence-corrected chi connectivity index (χ1v) is 7.97. The van der Waals surface area contributed by atoms with E-state index in [-0.39, 0.29) is 0 Å². The molecule has 2 unspecified atom stereocenters. The Kier molecular flexibility index (Phi) is 3.23. The Bertz CT molecular complexity index is 844. The van der Waals surface area contributed by atoms with E-state index in [4.69, 9.17) is 20.9 Å². The van der Waals surface area contributed by atoms with Crippen LogP contribution < -0.4 is 0 Å². The van der Waals surface area contributed by atoms with Gasteiger partial charge in [-0.15, -0.1) is 0 Å². The fraction of sp³-hybridized carbons (Fsp3) is 0.0714. The van der Waals surface area contributed by atoms with Gasteiger partial charge in [0.1, 0.15) is 5.69 Å². The van der Waals surface area contributed by atoms with Crippen LogP contribution in [0.1, 0.15) is 10.4 Å². The third-order valence-corrected chi connectivity index (χ3v) is 5.74. The topological polar surface area (TPSA) is 67.0 Å². The van der Waals surface area contributed by atoms with Gasteiger partial charge in [-0.2, -0.15) is 0 Å². The number of alkyl halides is 1. The Morgan fingerprint density at radius 2 is 1.75 bits per heavy atom. The van der Waals surface area contributed by atoms with Crippen molar-refractivity contribution in [1.82, 2.24) is 5.16 Å². The first kappa shape index (κ1) is 13.1. The Morgan fingerprint density at radius 3 is 2.50 bits per heavy atom. The highest BCUT2D eigenvalue weighted by Crippen LogP contribution is 2.36. The molecule has 0 bridgehead atoms. The summed E-state index contributed by atoms with van der Waals surface area (Å²) in [7, 11) is -3.21. The summed E-state index contributed by atoms with van der Waals surface area (Å²) in [6, 6.07) is 15.7. The molecular formula is C14H11ClN2O2S. The van der Waals surface area contributed by atoms with Gasteiger partial charge in [-0.25, -0.2) is 8.99 Å². The highest BCUT2D eigenvalue weighted by Gasteiger charge is 2.28. The summed E-state index contributed by atoms with van der Waals surface area (Å²) in [5, 5.41) is 4.56. The molecule has 3 rings (SSSR count). The molecule has 0 radical (unpaired) electrons. The molecule has 1 N–H and O–H groups in total. The van der Waals surface area contributed by atoms with E-state index in [1.165, 1.54) is 0 Å². The summed E-state index contributed by atoms with van der Waals surface area (Å²) in [6.45, 7) is 0. The van der Waals surface area contributed by atoms with Gasteiger partial charge in [-0.05, 0) is 24.3 Å². The molecule has 2 atom stereocenters. The molecule has 0 saturated carbocycles. The lowest BCUT2D eigenvalue weighted by atomic mass is 10.2. The van der Waals surface area contributed by atoms with Crippen LogP contribution >= 0.6 is 11.6 Å². The average molecular weight is 307 g/mol. The zero-order valence-electron chi connectivity index (χ0n) is 10.3. The molecule has 1 aromatic heterocycles. The molecule has 0 saturated heterocycles. The minimum absolute atomic E-state index is 0.339. The number of rotatable bonds is 3. The van der Waals surface area contributed by atoms with E-state index in [0.717, 1.165) is 0 Å². The molecule has 2 aromatic carbocycles. The largest absolute Gasteiger partial charge is 0.356 e. The third kappa shape index (κ3) is 2.09. The Morgan fingerprint density at radius 1 is 1.10 bits per heavy atom. The van der Waals surface area contributed by atoms with Gasteiger partial charge in [-0.3, -0.25) is 0 Å². The van der Waals surface area contributed by atoms with E-state index in [0.29, 0.717) is 21.6 Å². The molecule has 1 heterocycles. The van der Waals surface area contributed by atoms with E-state index < -0.39 is 14.4 Å². The zero-order chi connectivity index (χ0) is 14.2. The van der Waals surface area contributed by atoms with Gasteiger partial charge in [0.05, 0.1) is 9.73 Å². The fourth-order valence-electron chi connectivity index (χ4n) is 1.97. The first-order valence-electron chi connectivity index (χ1n) is 5.92. The van der Waals surface area contributed by atoms with Gasteiger partial charge in [0, 0.05) is 10.3 Å². The number of aromatic nitrogens is 1. The van der Waals surface area contributed by atoms with E-state index in [1.54, 1.807) is 42.5 Å². The van der Waals surface area contributed by atoms with Gasteiger partial charge in [0.2, 0.25) is 0 Å². The molecule has 20 heavy (non-hydrogen) atoms. The maximum Gasteiger partial charge on any atom is 0.167 e. The maximum atomic E-state index is 12.7. The van der Waals surface area contributed by atoms with Crippen LogP contribution in [0.15, 0.2) is 64.0 Å². The second-order valence-corrected chi connectivity index (χ2v) is 7.13. The normalized spacial score (nSPS) is 15.8. The van der Waals surface area contributed by atoms with E-state index >= 15 is 0 Å².